The zero-order chi connectivity index (χ0) is 24.1. The van der Waals surface area contributed by atoms with Gasteiger partial charge in [0.15, 0.2) is 6.04 Å². The molecule has 2 aromatic carbocycles. The number of nitrogens with zero attached hydrogens (tertiary/aromatic N) is 4. The molecule has 1 N–H and O–H groups in total. The minimum absolute atomic E-state index is 0.122. The Morgan fingerprint density at radius 2 is 1.94 bits per heavy atom. The molecule has 1 unspecified atom stereocenters. The number of hydrogen-bond acceptors (Lipinski definition) is 5. The molecule has 34 heavy (non-hydrogen) atoms. The third-order valence-electron chi connectivity index (χ3n) is 5.40. The number of aromatic nitrogens is 3. The zero-order valence-corrected chi connectivity index (χ0v) is 19.8. The van der Waals surface area contributed by atoms with Crippen LogP contribution in [0.5, 0.6) is 0 Å². The summed E-state index contributed by atoms with van der Waals surface area (Å²) in [6.07, 6.45) is 2.29. The van der Waals surface area contributed by atoms with Gasteiger partial charge in [-0.1, -0.05) is 48.9 Å². The molecular formula is C25H26ClN5O3. The molecule has 0 spiro atoms. The summed E-state index contributed by atoms with van der Waals surface area (Å²) >= 11 is 6.25. The molecule has 4 rings (SSSR count). The number of furan rings is 1. The molecule has 0 fully saturated rings. The molecule has 0 bridgehead atoms. The maximum Gasteiger partial charge on any atom is 0.251 e. The molecule has 0 aliphatic heterocycles. The molecule has 2 aromatic heterocycles. The Kier molecular flexibility index (Phi) is 7.27. The van der Waals surface area contributed by atoms with Crippen LogP contribution in [0.3, 0.4) is 0 Å². The second kappa shape index (κ2) is 10.5. The summed E-state index contributed by atoms with van der Waals surface area (Å²) in [6.45, 7) is 4.53. The predicted octanol–water partition coefficient (Wildman–Crippen LogP) is 4.61. The van der Waals surface area contributed by atoms with Crippen molar-refractivity contribution < 1.29 is 14.0 Å². The van der Waals surface area contributed by atoms with Gasteiger partial charge in [-0.3, -0.25) is 14.5 Å². The van der Waals surface area contributed by atoms with Crippen LogP contribution in [0.25, 0.3) is 11.0 Å². The maximum atomic E-state index is 13.8. The summed E-state index contributed by atoms with van der Waals surface area (Å²) in [5.41, 5.74) is 1.87. The van der Waals surface area contributed by atoms with Crippen LogP contribution in [0.15, 0.2) is 71.3 Å². The lowest BCUT2D eigenvalue weighted by molar-refractivity contribution is -0.127. The van der Waals surface area contributed by atoms with E-state index >= 15 is 0 Å². The Balaban J connectivity index is 1.72. The molecule has 0 saturated carbocycles. The van der Waals surface area contributed by atoms with Gasteiger partial charge in [-0.05, 0) is 54.8 Å². The van der Waals surface area contributed by atoms with E-state index in [0.717, 1.165) is 11.9 Å². The van der Waals surface area contributed by atoms with Crippen LogP contribution in [0, 0.1) is 5.92 Å². The highest BCUT2D eigenvalue weighted by Crippen LogP contribution is 2.30. The van der Waals surface area contributed by atoms with Crippen LogP contribution in [0.2, 0.25) is 5.02 Å². The molecule has 1 atom stereocenters. The van der Waals surface area contributed by atoms with Crippen molar-refractivity contribution in [2.24, 2.45) is 5.92 Å². The molecule has 176 valence electrons. The molecule has 0 saturated heterocycles. The molecule has 8 nitrogen and oxygen atoms in total. The largest absolute Gasteiger partial charge is 0.467 e. The van der Waals surface area contributed by atoms with Crippen LogP contribution < -0.4 is 10.2 Å². The fourth-order valence-corrected chi connectivity index (χ4v) is 3.89. The van der Waals surface area contributed by atoms with Gasteiger partial charge < -0.3 is 9.73 Å². The van der Waals surface area contributed by atoms with Crippen molar-refractivity contribution in [3.8, 4) is 0 Å². The van der Waals surface area contributed by atoms with Gasteiger partial charge in [-0.2, -0.15) is 0 Å². The number of benzene rings is 2. The van der Waals surface area contributed by atoms with Gasteiger partial charge in [0.1, 0.15) is 17.8 Å². The number of anilines is 1. The first kappa shape index (κ1) is 23.5. The van der Waals surface area contributed by atoms with E-state index in [2.05, 4.69) is 29.5 Å². The normalized spacial score (nSPS) is 12.1. The number of carbonyl (C=O) groups excluding carboxylic acids is 2. The average Bonchev–Trinajstić information content (AvgIpc) is 3.47. The molecule has 2 heterocycles. The SMILES string of the molecule is CC(C)CCNC(=O)C(c1ccco1)N(C(=O)Cn1nnc2ccccc21)c1cccc(Cl)c1. The summed E-state index contributed by atoms with van der Waals surface area (Å²) in [5.74, 6) is 0.0677. The number of nitrogens with one attached hydrogen (secondary N) is 1. The lowest BCUT2D eigenvalue weighted by Gasteiger charge is -2.30. The topological polar surface area (TPSA) is 93.3 Å². The number of halogens is 1. The van der Waals surface area contributed by atoms with Gasteiger partial charge in [0, 0.05) is 17.3 Å². The molecule has 9 heteroatoms. The monoisotopic (exact) mass is 479 g/mol. The first-order chi connectivity index (χ1) is 16.4. The van der Waals surface area contributed by atoms with E-state index in [9.17, 15) is 9.59 Å². The highest BCUT2D eigenvalue weighted by atomic mass is 35.5. The lowest BCUT2D eigenvalue weighted by atomic mass is 10.1. The molecule has 0 radical (unpaired) electrons. The number of para-hydroxylation sites is 1. The van der Waals surface area contributed by atoms with E-state index in [0.29, 0.717) is 34.4 Å². The summed E-state index contributed by atoms with van der Waals surface area (Å²) in [6, 6.07) is 16.6. The highest BCUT2D eigenvalue weighted by Gasteiger charge is 2.35. The Morgan fingerprint density at radius 3 is 2.68 bits per heavy atom. The van der Waals surface area contributed by atoms with Crippen molar-refractivity contribution in [2.75, 3.05) is 11.4 Å². The summed E-state index contributed by atoms with van der Waals surface area (Å²) in [7, 11) is 0. The Hall–Kier alpha value is -3.65. The van der Waals surface area contributed by atoms with E-state index in [1.165, 1.54) is 15.8 Å². The molecule has 2 amide bonds. The van der Waals surface area contributed by atoms with Crippen LogP contribution in [0.4, 0.5) is 5.69 Å². The first-order valence-electron chi connectivity index (χ1n) is 11.1. The van der Waals surface area contributed by atoms with Gasteiger partial charge in [-0.15, -0.1) is 5.10 Å². The molecular weight excluding hydrogens is 454 g/mol. The smallest absolute Gasteiger partial charge is 0.251 e. The van der Waals surface area contributed by atoms with Crippen molar-refractivity contribution in [3.05, 3.63) is 77.7 Å². The number of fused-ring (bicyclic) bond motifs is 1. The predicted molar refractivity (Wildman–Crippen MR) is 130 cm³/mol. The third kappa shape index (κ3) is 5.28. The van der Waals surface area contributed by atoms with Gasteiger partial charge in [0.05, 0.1) is 11.8 Å². The third-order valence-corrected chi connectivity index (χ3v) is 5.64. The minimum Gasteiger partial charge on any atom is -0.467 e. The van der Waals surface area contributed by atoms with Crippen LogP contribution in [0.1, 0.15) is 32.1 Å². The fourth-order valence-electron chi connectivity index (χ4n) is 3.70. The van der Waals surface area contributed by atoms with Crippen molar-refractivity contribution in [2.45, 2.75) is 32.9 Å². The van der Waals surface area contributed by atoms with Crippen LogP contribution in [-0.2, 0) is 16.1 Å². The molecule has 0 aliphatic rings. The number of carbonyl (C=O) groups is 2. The summed E-state index contributed by atoms with van der Waals surface area (Å²) in [5, 5.41) is 11.7. The lowest BCUT2D eigenvalue weighted by Crippen LogP contribution is -2.45. The van der Waals surface area contributed by atoms with Crippen molar-refractivity contribution in [3.63, 3.8) is 0 Å². The Morgan fingerprint density at radius 1 is 1.12 bits per heavy atom. The number of rotatable bonds is 9. The van der Waals surface area contributed by atoms with Crippen molar-refractivity contribution in [1.29, 1.82) is 0 Å². The second-order valence-corrected chi connectivity index (χ2v) is 8.81. The Labute approximate surface area is 202 Å². The van der Waals surface area contributed by atoms with Gasteiger partial charge in [-0.25, -0.2) is 4.68 Å². The molecule has 0 aliphatic carbocycles. The average molecular weight is 480 g/mol. The van der Waals surface area contributed by atoms with Crippen molar-refractivity contribution >= 4 is 40.1 Å². The van der Waals surface area contributed by atoms with Crippen LogP contribution >= 0.6 is 11.6 Å². The van der Waals surface area contributed by atoms with Gasteiger partial charge in [0.2, 0.25) is 5.91 Å². The number of hydrogen-bond donors (Lipinski definition) is 1. The quantitative estimate of drug-likeness (QED) is 0.378. The summed E-state index contributed by atoms with van der Waals surface area (Å²) in [4.78, 5) is 28.6. The zero-order valence-electron chi connectivity index (χ0n) is 19.0. The summed E-state index contributed by atoms with van der Waals surface area (Å²) < 4.78 is 7.13. The maximum absolute atomic E-state index is 13.8. The van der Waals surface area contributed by atoms with E-state index in [1.54, 1.807) is 36.4 Å². The highest BCUT2D eigenvalue weighted by molar-refractivity contribution is 6.31. The second-order valence-electron chi connectivity index (χ2n) is 8.37. The standard InChI is InChI=1S/C25H26ClN5O3/c1-17(2)12-13-27-25(33)24(22-11-6-14-34-22)31(19-8-5-7-18(26)15-19)23(32)16-30-21-10-4-3-9-20(21)28-29-30/h3-11,14-15,17,24H,12-13,16H2,1-2H3,(H,27,33). The fraction of sp³-hybridized carbons (Fsp3) is 0.280. The number of amides is 2. The Bertz CT molecular complexity index is 1270. The molecule has 4 aromatic rings. The minimum atomic E-state index is -1.03. The van der Waals surface area contributed by atoms with Crippen molar-refractivity contribution in [1.82, 2.24) is 20.3 Å². The van der Waals surface area contributed by atoms with E-state index in [4.69, 9.17) is 16.0 Å². The van der Waals surface area contributed by atoms with E-state index in [1.807, 2.05) is 24.3 Å². The van der Waals surface area contributed by atoms with E-state index in [-0.39, 0.29) is 18.4 Å². The van der Waals surface area contributed by atoms with Gasteiger partial charge in [0.25, 0.3) is 5.91 Å². The van der Waals surface area contributed by atoms with Gasteiger partial charge >= 0.3 is 0 Å². The van der Waals surface area contributed by atoms with Crippen LogP contribution in [-0.4, -0.2) is 33.4 Å². The first-order valence-corrected chi connectivity index (χ1v) is 11.5. The van der Waals surface area contributed by atoms with E-state index < -0.39 is 6.04 Å².